The zero-order valence-electron chi connectivity index (χ0n) is 9.03. The maximum absolute atomic E-state index is 8.66. The second kappa shape index (κ2) is 5.62. The minimum absolute atomic E-state index is 0.514. The normalized spacial score (nSPS) is 12.1. The Morgan fingerprint density at radius 2 is 2.40 bits per heavy atom. The highest BCUT2D eigenvalue weighted by Crippen LogP contribution is 2.25. The number of anilines is 1. The molecule has 1 atom stereocenters. The molecule has 2 N–H and O–H groups in total. The van der Waals surface area contributed by atoms with Crippen molar-refractivity contribution in [2.75, 3.05) is 11.5 Å². The Labute approximate surface area is 94.7 Å². The van der Waals surface area contributed by atoms with E-state index in [1.807, 2.05) is 6.07 Å². The fourth-order valence-electron chi connectivity index (χ4n) is 0.990. The fraction of sp³-hybridized carbons (Fsp3) is 0.455. The van der Waals surface area contributed by atoms with Crippen LogP contribution in [0, 0.1) is 17.2 Å². The van der Waals surface area contributed by atoms with Gasteiger partial charge >= 0.3 is 0 Å². The highest BCUT2D eigenvalue weighted by molar-refractivity contribution is 7.99. The molecule has 4 heteroatoms. The number of rotatable bonds is 4. The van der Waals surface area contributed by atoms with Crippen LogP contribution in [-0.2, 0) is 0 Å². The molecule has 0 bridgehead atoms. The first-order valence-corrected chi connectivity index (χ1v) is 5.94. The lowest BCUT2D eigenvalue weighted by molar-refractivity contribution is 0.636. The molecule has 3 nitrogen and oxygen atoms in total. The molecule has 0 aliphatic carbocycles. The predicted octanol–water partition coefficient (Wildman–Crippen LogP) is 2.67. The number of nitrogen functional groups attached to an aromatic ring is 1. The van der Waals surface area contributed by atoms with E-state index in [1.165, 1.54) is 0 Å². The molecule has 0 aliphatic rings. The molecule has 80 valence electrons. The van der Waals surface area contributed by atoms with Gasteiger partial charge in [0.05, 0.1) is 11.3 Å². The minimum atomic E-state index is 0.514. The molecule has 0 amide bonds. The van der Waals surface area contributed by atoms with Crippen LogP contribution in [0.5, 0.6) is 0 Å². The molecule has 15 heavy (non-hydrogen) atoms. The van der Waals surface area contributed by atoms with Crippen LogP contribution in [0.25, 0.3) is 0 Å². The Morgan fingerprint density at radius 1 is 1.67 bits per heavy atom. The summed E-state index contributed by atoms with van der Waals surface area (Å²) < 4.78 is 0. The fourth-order valence-corrected chi connectivity index (χ4v) is 2.02. The predicted molar refractivity (Wildman–Crippen MR) is 63.5 cm³/mol. The van der Waals surface area contributed by atoms with Gasteiger partial charge in [-0.05, 0) is 12.0 Å². The molecule has 1 heterocycles. The van der Waals surface area contributed by atoms with Crippen molar-refractivity contribution in [3.8, 4) is 6.07 Å². The van der Waals surface area contributed by atoms with Gasteiger partial charge in [-0.1, -0.05) is 20.3 Å². The Balaban J connectivity index is 2.67. The zero-order chi connectivity index (χ0) is 11.3. The van der Waals surface area contributed by atoms with E-state index < -0.39 is 0 Å². The first-order valence-electron chi connectivity index (χ1n) is 4.95. The number of nitrogens with two attached hydrogens (primary N) is 1. The van der Waals surface area contributed by atoms with Crippen molar-refractivity contribution >= 4 is 17.4 Å². The molecular formula is C11H15N3S. The molecule has 0 aromatic carbocycles. The summed E-state index contributed by atoms with van der Waals surface area (Å²) in [6.45, 7) is 4.37. The lowest BCUT2D eigenvalue weighted by Gasteiger charge is -2.08. The van der Waals surface area contributed by atoms with E-state index in [9.17, 15) is 0 Å². The quantitative estimate of drug-likeness (QED) is 0.794. The van der Waals surface area contributed by atoms with E-state index in [0.717, 1.165) is 17.2 Å². The monoisotopic (exact) mass is 221 g/mol. The Hall–Kier alpha value is -1.21. The Kier molecular flexibility index (Phi) is 4.44. The van der Waals surface area contributed by atoms with Gasteiger partial charge in [0.1, 0.15) is 11.1 Å². The van der Waals surface area contributed by atoms with Gasteiger partial charge < -0.3 is 5.73 Å². The Morgan fingerprint density at radius 3 is 2.93 bits per heavy atom. The van der Waals surface area contributed by atoms with Crippen molar-refractivity contribution in [2.24, 2.45) is 5.92 Å². The number of nitriles is 1. The molecular weight excluding hydrogens is 206 g/mol. The second-order valence-electron chi connectivity index (χ2n) is 3.55. The van der Waals surface area contributed by atoms with Crippen LogP contribution in [-0.4, -0.2) is 10.7 Å². The summed E-state index contributed by atoms with van der Waals surface area (Å²) in [6.07, 6.45) is 2.72. The molecule has 0 fully saturated rings. The average molecular weight is 221 g/mol. The second-order valence-corrected chi connectivity index (χ2v) is 4.56. The van der Waals surface area contributed by atoms with E-state index in [4.69, 9.17) is 11.0 Å². The lowest BCUT2D eigenvalue weighted by Crippen LogP contribution is -1.98. The van der Waals surface area contributed by atoms with Crippen LogP contribution < -0.4 is 5.73 Å². The summed E-state index contributed by atoms with van der Waals surface area (Å²) in [4.78, 5) is 4.17. The summed E-state index contributed by atoms with van der Waals surface area (Å²) >= 11 is 1.65. The zero-order valence-corrected chi connectivity index (χ0v) is 9.84. The number of hydrogen-bond acceptors (Lipinski definition) is 4. The van der Waals surface area contributed by atoms with Gasteiger partial charge in [0.25, 0.3) is 0 Å². The first kappa shape index (κ1) is 11.9. The topological polar surface area (TPSA) is 62.7 Å². The van der Waals surface area contributed by atoms with Crippen LogP contribution in [0.2, 0.25) is 0 Å². The van der Waals surface area contributed by atoms with Gasteiger partial charge in [0.2, 0.25) is 0 Å². The largest absolute Gasteiger partial charge is 0.397 e. The summed E-state index contributed by atoms with van der Waals surface area (Å²) in [6, 6.07) is 3.69. The van der Waals surface area contributed by atoms with E-state index in [0.29, 0.717) is 17.2 Å². The molecule has 1 unspecified atom stereocenters. The van der Waals surface area contributed by atoms with Gasteiger partial charge in [-0.3, -0.25) is 0 Å². The maximum atomic E-state index is 8.66. The summed E-state index contributed by atoms with van der Waals surface area (Å²) in [5, 5.41) is 9.48. The third-order valence-corrected chi connectivity index (χ3v) is 3.56. The van der Waals surface area contributed by atoms with Crippen LogP contribution in [0.1, 0.15) is 25.8 Å². The molecule has 0 spiro atoms. The first-order chi connectivity index (χ1) is 7.17. The van der Waals surface area contributed by atoms with Crippen molar-refractivity contribution < 1.29 is 0 Å². The van der Waals surface area contributed by atoms with E-state index in [2.05, 4.69) is 18.8 Å². The molecule has 1 aromatic heterocycles. The average Bonchev–Trinajstić information content (AvgIpc) is 2.26. The Bertz CT molecular complexity index is 371. The third-order valence-electron chi connectivity index (χ3n) is 2.21. The SMILES string of the molecule is CCC(C)CSc1ncc(C#N)cc1N. The molecule has 0 aliphatic heterocycles. The van der Waals surface area contributed by atoms with Crippen molar-refractivity contribution in [3.63, 3.8) is 0 Å². The van der Waals surface area contributed by atoms with E-state index in [-0.39, 0.29) is 0 Å². The molecule has 0 radical (unpaired) electrons. The number of pyridine rings is 1. The number of aromatic nitrogens is 1. The minimum Gasteiger partial charge on any atom is -0.397 e. The number of nitrogens with zero attached hydrogens (tertiary/aromatic N) is 2. The summed E-state index contributed by atoms with van der Waals surface area (Å²) in [5.74, 6) is 1.67. The molecule has 0 saturated heterocycles. The third kappa shape index (κ3) is 3.45. The molecule has 0 saturated carbocycles. The summed E-state index contributed by atoms with van der Waals surface area (Å²) in [7, 11) is 0. The van der Waals surface area contributed by atoms with Gasteiger partial charge in [0.15, 0.2) is 0 Å². The maximum Gasteiger partial charge on any atom is 0.119 e. The van der Waals surface area contributed by atoms with Crippen molar-refractivity contribution in [1.82, 2.24) is 4.98 Å². The van der Waals surface area contributed by atoms with Crippen LogP contribution in [0.15, 0.2) is 17.3 Å². The van der Waals surface area contributed by atoms with Crippen molar-refractivity contribution in [1.29, 1.82) is 5.26 Å². The smallest absolute Gasteiger partial charge is 0.119 e. The van der Waals surface area contributed by atoms with E-state index >= 15 is 0 Å². The lowest BCUT2D eigenvalue weighted by atomic mass is 10.2. The molecule has 1 rings (SSSR count). The van der Waals surface area contributed by atoms with Crippen LogP contribution >= 0.6 is 11.8 Å². The highest BCUT2D eigenvalue weighted by atomic mass is 32.2. The van der Waals surface area contributed by atoms with Crippen molar-refractivity contribution in [3.05, 3.63) is 17.8 Å². The van der Waals surface area contributed by atoms with Gasteiger partial charge in [-0.2, -0.15) is 5.26 Å². The highest BCUT2D eigenvalue weighted by Gasteiger charge is 2.05. The summed E-state index contributed by atoms with van der Waals surface area (Å²) in [5.41, 5.74) is 6.90. The standard InChI is InChI=1S/C11H15N3S/c1-3-8(2)7-15-11-10(13)4-9(5-12)6-14-11/h4,6,8H,3,7,13H2,1-2H3. The van der Waals surface area contributed by atoms with Gasteiger partial charge in [-0.25, -0.2) is 4.98 Å². The number of thioether (sulfide) groups is 1. The van der Waals surface area contributed by atoms with E-state index in [1.54, 1.807) is 24.0 Å². The number of hydrogen-bond donors (Lipinski definition) is 1. The van der Waals surface area contributed by atoms with Gasteiger partial charge in [0, 0.05) is 11.9 Å². The van der Waals surface area contributed by atoms with Crippen LogP contribution in [0.4, 0.5) is 5.69 Å². The van der Waals surface area contributed by atoms with Crippen molar-refractivity contribution in [2.45, 2.75) is 25.3 Å². The molecule has 1 aromatic rings. The van der Waals surface area contributed by atoms with Gasteiger partial charge in [-0.15, -0.1) is 11.8 Å². The van der Waals surface area contributed by atoms with Crippen LogP contribution in [0.3, 0.4) is 0 Å².